The smallest absolute Gasteiger partial charge is 0.209 e. The van der Waals surface area contributed by atoms with E-state index in [1.165, 1.54) is 0 Å². The highest BCUT2D eigenvalue weighted by molar-refractivity contribution is 7.89. The Balaban J connectivity index is 2.14. The van der Waals surface area contributed by atoms with Crippen molar-refractivity contribution in [1.82, 2.24) is 0 Å². The van der Waals surface area contributed by atoms with Gasteiger partial charge in [0.2, 0.25) is 10.0 Å². The molecular formula is C13H17Cl2NO4S. The monoisotopic (exact) mass is 353 g/mol. The Labute approximate surface area is 134 Å². The van der Waals surface area contributed by atoms with Crippen LogP contribution in [0.5, 0.6) is 5.75 Å². The molecule has 0 bridgehead atoms. The van der Waals surface area contributed by atoms with Crippen molar-refractivity contribution in [3.63, 3.8) is 0 Å². The number of rotatable bonds is 5. The quantitative estimate of drug-likeness (QED) is 0.881. The summed E-state index contributed by atoms with van der Waals surface area (Å²) >= 11 is 11.9. The number of nitrogens with two attached hydrogens (primary N) is 1. The minimum absolute atomic E-state index is 0.137. The van der Waals surface area contributed by atoms with Crippen LogP contribution in [0.3, 0.4) is 0 Å². The molecule has 2 N–H and O–H groups in total. The number of benzene rings is 1. The summed E-state index contributed by atoms with van der Waals surface area (Å²) < 4.78 is 34.0. The van der Waals surface area contributed by atoms with Crippen molar-refractivity contribution in [3.8, 4) is 5.75 Å². The zero-order valence-corrected chi connectivity index (χ0v) is 13.7. The number of ether oxygens (including phenoxy) is 2. The van der Waals surface area contributed by atoms with Crippen LogP contribution in [0.15, 0.2) is 18.2 Å². The van der Waals surface area contributed by atoms with E-state index in [4.69, 9.17) is 37.8 Å². The van der Waals surface area contributed by atoms with Gasteiger partial charge in [-0.15, -0.1) is 0 Å². The fraction of sp³-hybridized carbons (Fsp3) is 0.538. The largest absolute Gasteiger partial charge is 0.491 e. The van der Waals surface area contributed by atoms with E-state index < -0.39 is 15.4 Å². The van der Waals surface area contributed by atoms with E-state index in [9.17, 15) is 8.42 Å². The van der Waals surface area contributed by atoms with Gasteiger partial charge in [0.05, 0.1) is 17.4 Å². The van der Waals surface area contributed by atoms with Crippen LogP contribution in [0.4, 0.5) is 0 Å². The van der Waals surface area contributed by atoms with Crippen LogP contribution in [0, 0.1) is 5.41 Å². The lowest BCUT2D eigenvalue weighted by atomic mass is 9.83. The third kappa shape index (κ3) is 5.00. The Bertz CT molecular complexity index is 600. The fourth-order valence-corrected chi connectivity index (χ4v) is 3.94. The summed E-state index contributed by atoms with van der Waals surface area (Å²) in [5, 5.41) is 6.13. The molecule has 118 valence electrons. The summed E-state index contributed by atoms with van der Waals surface area (Å²) in [4.78, 5) is 0. The number of hydrogen-bond donors (Lipinski definition) is 1. The van der Waals surface area contributed by atoms with Gasteiger partial charge in [-0.25, -0.2) is 13.6 Å². The minimum Gasteiger partial charge on any atom is -0.491 e. The number of halogens is 2. The molecule has 0 aromatic heterocycles. The second-order valence-corrected chi connectivity index (χ2v) is 7.74. The van der Waals surface area contributed by atoms with Crippen LogP contribution in [0.1, 0.15) is 12.8 Å². The van der Waals surface area contributed by atoms with Gasteiger partial charge in [0, 0.05) is 29.7 Å². The molecule has 1 fully saturated rings. The second-order valence-electron chi connectivity index (χ2n) is 5.28. The van der Waals surface area contributed by atoms with Crippen molar-refractivity contribution in [2.75, 3.05) is 25.6 Å². The van der Waals surface area contributed by atoms with Gasteiger partial charge < -0.3 is 9.47 Å². The lowest BCUT2D eigenvalue weighted by molar-refractivity contribution is 0.00212. The van der Waals surface area contributed by atoms with Crippen LogP contribution in [-0.2, 0) is 14.8 Å². The first kappa shape index (κ1) is 16.8. The first-order chi connectivity index (χ1) is 9.80. The maximum absolute atomic E-state index is 11.5. The van der Waals surface area contributed by atoms with Crippen molar-refractivity contribution in [3.05, 3.63) is 28.2 Å². The molecule has 0 spiro atoms. The molecule has 0 atom stereocenters. The lowest BCUT2D eigenvalue weighted by Crippen LogP contribution is -2.42. The van der Waals surface area contributed by atoms with E-state index in [-0.39, 0.29) is 12.4 Å². The standard InChI is InChI=1S/C13H17Cl2NO4S/c14-10-1-2-11(15)12(7-10)20-8-13(9-21(16,17)18)3-5-19-6-4-13/h1-2,7H,3-6,8-9H2,(H2,16,17,18). The van der Waals surface area contributed by atoms with Gasteiger partial charge in [0.15, 0.2) is 0 Å². The average molecular weight is 354 g/mol. The molecular weight excluding hydrogens is 337 g/mol. The predicted octanol–water partition coefficient (Wildman–Crippen LogP) is 2.46. The number of hydrogen-bond acceptors (Lipinski definition) is 4. The first-order valence-corrected chi connectivity index (χ1v) is 8.93. The SMILES string of the molecule is NS(=O)(=O)CC1(COc2cc(Cl)ccc2Cl)CCOCC1. The summed E-state index contributed by atoms with van der Waals surface area (Å²) in [6.07, 6.45) is 1.14. The van der Waals surface area contributed by atoms with Crippen LogP contribution >= 0.6 is 23.2 Å². The van der Waals surface area contributed by atoms with Crippen molar-refractivity contribution >= 4 is 33.2 Å². The maximum Gasteiger partial charge on any atom is 0.209 e. The topological polar surface area (TPSA) is 78.6 Å². The summed E-state index contributed by atoms with van der Waals surface area (Å²) in [6, 6.07) is 4.90. The van der Waals surface area contributed by atoms with Crippen molar-refractivity contribution in [1.29, 1.82) is 0 Å². The molecule has 0 radical (unpaired) electrons. The highest BCUT2D eigenvalue weighted by Gasteiger charge is 2.37. The van der Waals surface area contributed by atoms with E-state index in [0.29, 0.717) is 41.9 Å². The minimum atomic E-state index is -3.60. The molecule has 1 aromatic carbocycles. The van der Waals surface area contributed by atoms with Gasteiger partial charge in [-0.05, 0) is 25.0 Å². The van der Waals surface area contributed by atoms with Gasteiger partial charge in [-0.1, -0.05) is 23.2 Å². The summed E-state index contributed by atoms with van der Waals surface area (Å²) in [6.45, 7) is 1.18. The summed E-state index contributed by atoms with van der Waals surface area (Å²) in [5.74, 6) is 0.297. The predicted molar refractivity (Wildman–Crippen MR) is 82.4 cm³/mol. The number of sulfonamides is 1. The van der Waals surface area contributed by atoms with Crippen molar-refractivity contribution in [2.45, 2.75) is 12.8 Å². The molecule has 0 unspecified atom stereocenters. The molecule has 0 aliphatic carbocycles. The van der Waals surface area contributed by atoms with Crippen LogP contribution in [-0.4, -0.2) is 34.0 Å². The van der Waals surface area contributed by atoms with Crippen molar-refractivity contribution in [2.24, 2.45) is 10.6 Å². The normalized spacial score (nSPS) is 18.4. The molecule has 1 aliphatic rings. The molecule has 1 aliphatic heterocycles. The first-order valence-electron chi connectivity index (χ1n) is 6.46. The third-order valence-corrected chi connectivity index (χ3v) is 5.05. The number of primary sulfonamides is 1. The summed E-state index contributed by atoms with van der Waals surface area (Å²) in [5.41, 5.74) is -0.558. The van der Waals surface area contributed by atoms with E-state index >= 15 is 0 Å². The second kappa shape index (κ2) is 6.71. The van der Waals surface area contributed by atoms with Crippen LogP contribution < -0.4 is 9.88 Å². The molecule has 5 nitrogen and oxygen atoms in total. The van der Waals surface area contributed by atoms with Gasteiger partial charge in [0.25, 0.3) is 0 Å². The van der Waals surface area contributed by atoms with Crippen LogP contribution in [0.2, 0.25) is 10.0 Å². The van der Waals surface area contributed by atoms with E-state index in [1.54, 1.807) is 18.2 Å². The van der Waals surface area contributed by atoms with Crippen molar-refractivity contribution < 1.29 is 17.9 Å². The van der Waals surface area contributed by atoms with E-state index in [0.717, 1.165) is 0 Å². The molecule has 21 heavy (non-hydrogen) atoms. The molecule has 0 amide bonds. The molecule has 1 heterocycles. The van der Waals surface area contributed by atoms with Gasteiger partial charge in [-0.3, -0.25) is 0 Å². The molecule has 1 saturated heterocycles. The lowest BCUT2D eigenvalue weighted by Gasteiger charge is -2.36. The molecule has 2 rings (SSSR count). The molecule has 0 saturated carbocycles. The van der Waals surface area contributed by atoms with Gasteiger partial charge in [0.1, 0.15) is 5.75 Å². The van der Waals surface area contributed by atoms with Gasteiger partial charge >= 0.3 is 0 Å². The van der Waals surface area contributed by atoms with E-state index in [1.807, 2.05) is 0 Å². The fourth-order valence-electron chi connectivity index (χ4n) is 2.38. The van der Waals surface area contributed by atoms with Crippen LogP contribution in [0.25, 0.3) is 0 Å². The van der Waals surface area contributed by atoms with E-state index in [2.05, 4.69) is 0 Å². The summed E-state index contributed by atoms with van der Waals surface area (Å²) in [7, 11) is -3.60. The maximum atomic E-state index is 11.5. The Morgan fingerprint density at radius 1 is 1.29 bits per heavy atom. The molecule has 8 heteroatoms. The highest BCUT2D eigenvalue weighted by atomic mass is 35.5. The third-order valence-electron chi connectivity index (χ3n) is 3.49. The Morgan fingerprint density at radius 3 is 2.57 bits per heavy atom. The average Bonchev–Trinajstić information content (AvgIpc) is 2.39. The Morgan fingerprint density at radius 2 is 1.95 bits per heavy atom. The van der Waals surface area contributed by atoms with Gasteiger partial charge in [-0.2, -0.15) is 0 Å². The Kier molecular flexibility index (Phi) is 5.38. The molecule has 1 aromatic rings. The highest BCUT2D eigenvalue weighted by Crippen LogP contribution is 2.35. The zero-order chi connectivity index (χ0) is 15.5. The zero-order valence-electron chi connectivity index (χ0n) is 11.3. The Hall–Kier alpha value is -0.530.